The lowest BCUT2D eigenvalue weighted by Crippen LogP contribution is -2.23. The van der Waals surface area contributed by atoms with E-state index in [1.165, 1.54) is 4.88 Å². The molecule has 1 N–H and O–H groups in total. The van der Waals surface area contributed by atoms with Crippen molar-refractivity contribution >= 4 is 11.3 Å². The van der Waals surface area contributed by atoms with Gasteiger partial charge in [0.05, 0.1) is 13.2 Å². The Labute approximate surface area is 112 Å². The molecule has 0 amide bonds. The third kappa shape index (κ3) is 2.89. The zero-order valence-corrected chi connectivity index (χ0v) is 11.5. The molecule has 2 aromatic rings. The van der Waals surface area contributed by atoms with Crippen LogP contribution < -0.4 is 10.1 Å². The van der Waals surface area contributed by atoms with E-state index in [4.69, 9.17) is 4.74 Å². The lowest BCUT2D eigenvalue weighted by Gasteiger charge is -2.18. The molecule has 0 saturated heterocycles. The summed E-state index contributed by atoms with van der Waals surface area (Å²) in [5.41, 5.74) is 0.955. The Morgan fingerprint density at radius 1 is 1.39 bits per heavy atom. The van der Waals surface area contributed by atoms with E-state index < -0.39 is 0 Å². The fourth-order valence-electron chi connectivity index (χ4n) is 1.87. The second-order valence-electron chi connectivity index (χ2n) is 3.99. The number of rotatable bonds is 6. The quantitative estimate of drug-likeness (QED) is 0.867. The Morgan fingerprint density at radius 3 is 2.94 bits per heavy atom. The summed E-state index contributed by atoms with van der Waals surface area (Å²) in [7, 11) is 1.69. The highest BCUT2D eigenvalue weighted by molar-refractivity contribution is 7.10. The fraction of sp³-hybridized carbons (Fsp3) is 0.357. The number of hydrogen-bond acceptors (Lipinski definition) is 4. The SMILES string of the molecule is CCCNC(c1cccs1)c1ncccc1OC. The average Bonchev–Trinajstić information content (AvgIpc) is 2.94. The number of thiophene rings is 1. The lowest BCUT2D eigenvalue weighted by molar-refractivity contribution is 0.400. The predicted molar refractivity (Wildman–Crippen MR) is 75.2 cm³/mol. The maximum atomic E-state index is 5.41. The number of ether oxygens (including phenoxy) is 1. The summed E-state index contributed by atoms with van der Waals surface area (Å²) in [5, 5.41) is 5.62. The van der Waals surface area contributed by atoms with Crippen LogP contribution >= 0.6 is 11.3 Å². The van der Waals surface area contributed by atoms with Crippen LogP contribution in [0, 0.1) is 0 Å². The Morgan fingerprint density at radius 2 is 2.28 bits per heavy atom. The van der Waals surface area contributed by atoms with Crippen LogP contribution in [-0.2, 0) is 0 Å². The smallest absolute Gasteiger partial charge is 0.142 e. The first kappa shape index (κ1) is 13.1. The number of pyridine rings is 1. The van der Waals surface area contributed by atoms with E-state index in [2.05, 4.69) is 34.7 Å². The minimum Gasteiger partial charge on any atom is -0.495 e. The molecule has 0 bridgehead atoms. The Bertz CT molecular complexity index is 470. The van der Waals surface area contributed by atoms with Gasteiger partial charge in [-0.05, 0) is 36.5 Å². The third-order valence-electron chi connectivity index (χ3n) is 2.72. The van der Waals surface area contributed by atoms with Gasteiger partial charge in [-0.1, -0.05) is 13.0 Å². The van der Waals surface area contributed by atoms with Gasteiger partial charge < -0.3 is 10.1 Å². The third-order valence-corrected chi connectivity index (χ3v) is 3.66. The van der Waals surface area contributed by atoms with E-state index in [0.717, 1.165) is 24.4 Å². The van der Waals surface area contributed by atoms with Crippen molar-refractivity contribution < 1.29 is 4.74 Å². The van der Waals surface area contributed by atoms with E-state index >= 15 is 0 Å². The molecule has 1 atom stereocenters. The molecule has 0 aromatic carbocycles. The molecule has 0 aliphatic heterocycles. The average molecular weight is 262 g/mol. The highest BCUT2D eigenvalue weighted by Crippen LogP contribution is 2.30. The summed E-state index contributed by atoms with van der Waals surface area (Å²) in [5.74, 6) is 0.833. The molecule has 18 heavy (non-hydrogen) atoms. The predicted octanol–water partition coefficient (Wildman–Crippen LogP) is 3.24. The van der Waals surface area contributed by atoms with Crippen molar-refractivity contribution in [2.75, 3.05) is 13.7 Å². The van der Waals surface area contributed by atoms with E-state index in [9.17, 15) is 0 Å². The molecule has 0 fully saturated rings. The van der Waals surface area contributed by atoms with E-state index in [-0.39, 0.29) is 6.04 Å². The molecule has 96 valence electrons. The van der Waals surface area contributed by atoms with Crippen LogP contribution in [0.25, 0.3) is 0 Å². The first-order chi connectivity index (χ1) is 8.86. The second-order valence-corrected chi connectivity index (χ2v) is 4.97. The van der Waals surface area contributed by atoms with Crippen molar-refractivity contribution in [3.8, 4) is 5.75 Å². The number of aromatic nitrogens is 1. The van der Waals surface area contributed by atoms with Gasteiger partial charge in [0.15, 0.2) is 0 Å². The molecule has 2 heterocycles. The van der Waals surface area contributed by atoms with E-state index in [1.54, 1.807) is 18.4 Å². The van der Waals surface area contributed by atoms with Gasteiger partial charge in [0.2, 0.25) is 0 Å². The van der Waals surface area contributed by atoms with Crippen LogP contribution in [0.4, 0.5) is 0 Å². The van der Waals surface area contributed by atoms with Crippen LogP contribution in [-0.4, -0.2) is 18.6 Å². The van der Waals surface area contributed by atoms with Gasteiger partial charge in [0.1, 0.15) is 11.4 Å². The highest BCUT2D eigenvalue weighted by atomic mass is 32.1. The molecule has 3 nitrogen and oxygen atoms in total. The number of nitrogens with one attached hydrogen (secondary N) is 1. The zero-order valence-electron chi connectivity index (χ0n) is 10.7. The molecule has 0 spiro atoms. The Kier molecular flexibility index (Phi) is 4.73. The molecule has 2 aromatic heterocycles. The first-order valence-corrected chi connectivity index (χ1v) is 7.00. The van der Waals surface area contributed by atoms with Crippen molar-refractivity contribution in [3.63, 3.8) is 0 Å². The van der Waals surface area contributed by atoms with Gasteiger partial charge in [-0.15, -0.1) is 11.3 Å². The van der Waals surface area contributed by atoms with Crippen molar-refractivity contribution in [2.45, 2.75) is 19.4 Å². The monoisotopic (exact) mass is 262 g/mol. The van der Waals surface area contributed by atoms with Gasteiger partial charge in [-0.25, -0.2) is 0 Å². The molecule has 0 radical (unpaired) electrons. The van der Waals surface area contributed by atoms with Gasteiger partial charge in [0.25, 0.3) is 0 Å². The van der Waals surface area contributed by atoms with Gasteiger partial charge >= 0.3 is 0 Å². The van der Waals surface area contributed by atoms with Gasteiger partial charge in [-0.3, -0.25) is 4.98 Å². The van der Waals surface area contributed by atoms with E-state index in [1.807, 2.05) is 18.3 Å². The Balaban J connectivity index is 2.33. The summed E-state index contributed by atoms with van der Waals surface area (Å²) >= 11 is 1.74. The van der Waals surface area contributed by atoms with Crippen LogP contribution in [0.1, 0.15) is 30.0 Å². The van der Waals surface area contributed by atoms with Crippen LogP contribution in [0.5, 0.6) is 5.75 Å². The van der Waals surface area contributed by atoms with Crippen molar-refractivity contribution in [1.29, 1.82) is 0 Å². The van der Waals surface area contributed by atoms with Crippen molar-refractivity contribution in [3.05, 3.63) is 46.4 Å². The summed E-state index contributed by atoms with van der Waals surface area (Å²) in [6.07, 6.45) is 2.91. The number of methoxy groups -OCH3 is 1. The summed E-state index contributed by atoms with van der Waals surface area (Å²) in [6.45, 7) is 3.12. The normalized spacial score (nSPS) is 12.3. The molecule has 0 aliphatic carbocycles. The maximum Gasteiger partial charge on any atom is 0.142 e. The summed E-state index contributed by atoms with van der Waals surface area (Å²) < 4.78 is 5.41. The lowest BCUT2D eigenvalue weighted by atomic mass is 10.1. The highest BCUT2D eigenvalue weighted by Gasteiger charge is 2.19. The topological polar surface area (TPSA) is 34.2 Å². The van der Waals surface area contributed by atoms with E-state index in [0.29, 0.717) is 0 Å². The minimum absolute atomic E-state index is 0.112. The summed E-state index contributed by atoms with van der Waals surface area (Å²) in [4.78, 5) is 5.74. The fourth-order valence-corrected chi connectivity index (χ4v) is 2.67. The van der Waals surface area contributed by atoms with Gasteiger partial charge in [-0.2, -0.15) is 0 Å². The molecule has 1 unspecified atom stereocenters. The number of nitrogens with zero attached hydrogens (tertiary/aromatic N) is 1. The molecule has 4 heteroatoms. The number of hydrogen-bond donors (Lipinski definition) is 1. The van der Waals surface area contributed by atoms with Crippen LogP contribution in [0.3, 0.4) is 0 Å². The zero-order chi connectivity index (χ0) is 12.8. The maximum absolute atomic E-state index is 5.41. The Hall–Kier alpha value is -1.39. The summed E-state index contributed by atoms with van der Waals surface area (Å²) in [6, 6.07) is 8.16. The molecule has 0 aliphatic rings. The molecular weight excluding hydrogens is 244 g/mol. The van der Waals surface area contributed by atoms with Crippen molar-refractivity contribution in [2.24, 2.45) is 0 Å². The standard InChI is InChI=1S/C14H18N2OS/c1-3-8-15-14(12-7-5-10-18-12)13-11(17-2)6-4-9-16-13/h4-7,9-10,14-15H,3,8H2,1-2H3. The second kappa shape index (κ2) is 6.52. The molecular formula is C14H18N2OS. The van der Waals surface area contributed by atoms with Gasteiger partial charge in [0, 0.05) is 11.1 Å². The molecule has 2 rings (SSSR count). The van der Waals surface area contributed by atoms with Crippen LogP contribution in [0.15, 0.2) is 35.8 Å². The van der Waals surface area contributed by atoms with Crippen molar-refractivity contribution in [1.82, 2.24) is 10.3 Å². The molecule has 0 saturated carbocycles. The van der Waals surface area contributed by atoms with Crippen LogP contribution in [0.2, 0.25) is 0 Å². The first-order valence-electron chi connectivity index (χ1n) is 6.12. The minimum atomic E-state index is 0.112. The largest absolute Gasteiger partial charge is 0.495 e.